The van der Waals surface area contributed by atoms with E-state index in [1.165, 1.54) is 12.8 Å². The molecular formula is C18H20N6O. The monoisotopic (exact) mass is 336 g/mol. The summed E-state index contributed by atoms with van der Waals surface area (Å²) in [6.45, 7) is 5.31. The molecule has 128 valence electrons. The van der Waals surface area contributed by atoms with E-state index in [2.05, 4.69) is 15.1 Å². The second kappa shape index (κ2) is 5.15. The van der Waals surface area contributed by atoms with Crippen LogP contribution in [0.15, 0.2) is 18.2 Å². The van der Waals surface area contributed by atoms with Crippen LogP contribution in [-0.4, -0.2) is 42.1 Å². The molecule has 1 aliphatic carbocycles. The number of hydrogen-bond acceptors (Lipinski definition) is 4. The maximum absolute atomic E-state index is 13.1. The predicted molar refractivity (Wildman–Crippen MR) is 92.3 cm³/mol. The maximum atomic E-state index is 13.1. The minimum atomic E-state index is -0.0690. The highest BCUT2D eigenvalue weighted by atomic mass is 16.2. The summed E-state index contributed by atoms with van der Waals surface area (Å²) >= 11 is 0. The van der Waals surface area contributed by atoms with E-state index >= 15 is 0 Å². The zero-order valence-electron chi connectivity index (χ0n) is 14.4. The largest absolute Gasteiger partial charge is 0.342 e. The Labute approximate surface area is 145 Å². The van der Waals surface area contributed by atoms with Gasteiger partial charge in [0.05, 0.1) is 23.6 Å². The Balaban J connectivity index is 1.45. The second-order valence-corrected chi connectivity index (χ2v) is 7.05. The number of rotatable bonds is 2. The molecule has 3 heterocycles. The van der Waals surface area contributed by atoms with Crippen LogP contribution >= 0.6 is 0 Å². The number of nitrogens with one attached hydrogen (secondary N) is 1. The molecular weight excluding hydrogens is 316 g/mol. The zero-order chi connectivity index (χ0) is 17.1. The van der Waals surface area contributed by atoms with Crippen LogP contribution in [-0.2, 0) is 6.54 Å². The second-order valence-electron chi connectivity index (χ2n) is 7.05. The molecule has 0 unspecified atom stereocenters. The fourth-order valence-corrected chi connectivity index (χ4v) is 3.61. The number of aryl methyl sites for hydroxylation is 1. The molecule has 1 N–H and O–H groups in total. The van der Waals surface area contributed by atoms with Crippen molar-refractivity contribution >= 4 is 16.9 Å². The summed E-state index contributed by atoms with van der Waals surface area (Å²) in [6, 6.07) is 5.57. The highest BCUT2D eigenvalue weighted by molar-refractivity contribution is 5.97. The zero-order valence-corrected chi connectivity index (χ0v) is 14.4. The minimum absolute atomic E-state index is 0.0314. The molecule has 1 atom stereocenters. The number of H-pyrrole nitrogens is 1. The van der Waals surface area contributed by atoms with Crippen molar-refractivity contribution in [1.82, 2.24) is 29.6 Å². The lowest BCUT2D eigenvalue weighted by Crippen LogP contribution is -2.41. The summed E-state index contributed by atoms with van der Waals surface area (Å²) in [5.41, 5.74) is 2.46. The summed E-state index contributed by atoms with van der Waals surface area (Å²) in [5, 5.41) is 4.63. The van der Waals surface area contributed by atoms with Crippen molar-refractivity contribution in [3.8, 4) is 0 Å². The Bertz CT molecular complexity index is 983. The van der Waals surface area contributed by atoms with Crippen molar-refractivity contribution in [1.29, 1.82) is 0 Å². The van der Waals surface area contributed by atoms with Crippen molar-refractivity contribution in [2.75, 3.05) is 6.54 Å². The fraction of sp³-hybridized carbons (Fsp3) is 0.444. The van der Waals surface area contributed by atoms with Crippen LogP contribution in [0.5, 0.6) is 0 Å². The summed E-state index contributed by atoms with van der Waals surface area (Å²) in [6.07, 6.45) is 2.37. The lowest BCUT2D eigenvalue weighted by Gasteiger charge is -2.33. The molecule has 2 aliphatic rings. The third kappa shape index (κ3) is 2.33. The number of amides is 1. The van der Waals surface area contributed by atoms with Gasteiger partial charge in [0.1, 0.15) is 11.6 Å². The standard InChI is InChI=1S/C18H20N6O/c1-10-17-21-16(12-3-4-12)22-24(17)8-7-23(10)18(25)13-5-6-14-15(9-13)20-11(2)19-14/h5-6,9-10,12H,3-4,7-8H2,1-2H3,(H,19,20)/t10-/m1/s1. The van der Waals surface area contributed by atoms with Crippen LogP contribution in [0.4, 0.5) is 0 Å². The van der Waals surface area contributed by atoms with Crippen LogP contribution < -0.4 is 0 Å². The first kappa shape index (κ1) is 14.6. The first-order valence-electron chi connectivity index (χ1n) is 8.82. The van der Waals surface area contributed by atoms with E-state index in [0.717, 1.165) is 28.5 Å². The number of aromatic nitrogens is 5. The molecule has 3 aromatic rings. The smallest absolute Gasteiger partial charge is 0.254 e. The molecule has 7 heteroatoms. The normalized spacial score (nSPS) is 20.1. The average Bonchev–Trinajstić information content (AvgIpc) is 3.24. The van der Waals surface area contributed by atoms with Crippen LogP contribution in [0.25, 0.3) is 11.0 Å². The Kier molecular flexibility index (Phi) is 3.01. The number of carbonyl (C=O) groups excluding carboxylic acids is 1. The minimum Gasteiger partial charge on any atom is -0.342 e. The van der Waals surface area contributed by atoms with Gasteiger partial charge in [0.2, 0.25) is 0 Å². The van der Waals surface area contributed by atoms with E-state index in [4.69, 9.17) is 4.98 Å². The van der Waals surface area contributed by atoms with Gasteiger partial charge in [-0.3, -0.25) is 4.79 Å². The molecule has 1 aromatic carbocycles. The van der Waals surface area contributed by atoms with Gasteiger partial charge in [0.15, 0.2) is 5.82 Å². The van der Waals surface area contributed by atoms with Gasteiger partial charge in [-0.1, -0.05) is 0 Å². The number of benzene rings is 1. The highest BCUT2D eigenvalue weighted by Gasteiger charge is 2.34. The van der Waals surface area contributed by atoms with E-state index in [0.29, 0.717) is 24.6 Å². The van der Waals surface area contributed by atoms with Crippen molar-refractivity contribution in [2.45, 2.75) is 45.2 Å². The highest BCUT2D eigenvalue weighted by Crippen LogP contribution is 2.39. The van der Waals surface area contributed by atoms with Gasteiger partial charge in [-0.2, -0.15) is 5.10 Å². The SMILES string of the molecule is Cc1nc2ccc(C(=O)N3CCn4nc(C5CC5)nc4[C@H]3C)cc2[nH]1. The summed E-state index contributed by atoms with van der Waals surface area (Å²) in [5.74, 6) is 3.27. The van der Waals surface area contributed by atoms with Gasteiger partial charge >= 0.3 is 0 Å². The lowest BCUT2D eigenvalue weighted by molar-refractivity contribution is 0.0631. The number of nitrogens with zero attached hydrogens (tertiary/aromatic N) is 5. The van der Waals surface area contributed by atoms with E-state index in [9.17, 15) is 4.79 Å². The molecule has 1 amide bonds. The predicted octanol–water partition coefficient (Wildman–Crippen LogP) is 2.56. The maximum Gasteiger partial charge on any atom is 0.254 e. The summed E-state index contributed by atoms with van der Waals surface area (Å²) in [7, 11) is 0. The van der Waals surface area contributed by atoms with Crippen molar-refractivity contribution in [3.63, 3.8) is 0 Å². The van der Waals surface area contributed by atoms with E-state index in [-0.39, 0.29) is 11.9 Å². The van der Waals surface area contributed by atoms with E-state index < -0.39 is 0 Å². The molecule has 7 nitrogen and oxygen atoms in total. The van der Waals surface area contributed by atoms with Crippen LogP contribution in [0, 0.1) is 6.92 Å². The topological polar surface area (TPSA) is 79.7 Å². The molecule has 25 heavy (non-hydrogen) atoms. The average molecular weight is 336 g/mol. The number of fused-ring (bicyclic) bond motifs is 2. The van der Waals surface area contributed by atoms with Crippen LogP contribution in [0.2, 0.25) is 0 Å². The van der Waals surface area contributed by atoms with Gasteiger partial charge in [-0.15, -0.1) is 0 Å². The van der Waals surface area contributed by atoms with Gasteiger partial charge in [-0.05, 0) is 44.9 Å². The van der Waals surface area contributed by atoms with Gasteiger partial charge < -0.3 is 9.88 Å². The fourth-order valence-electron chi connectivity index (χ4n) is 3.61. The lowest BCUT2D eigenvalue weighted by atomic mass is 10.1. The number of aromatic amines is 1. The molecule has 2 aromatic heterocycles. The third-order valence-corrected chi connectivity index (χ3v) is 5.16. The Morgan fingerprint density at radius 1 is 1.24 bits per heavy atom. The molecule has 0 saturated heterocycles. The van der Waals surface area contributed by atoms with Gasteiger partial charge in [0.25, 0.3) is 5.91 Å². The molecule has 5 rings (SSSR count). The molecule has 0 radical (unpaired) electrons. The van der Waals surface area contributed by atoms with E-state index in [1.54, 1.807) is 0 Å². The summed E-state index contributed by atoms with van der Waals surface area (Å²) < 4.78 is 1.98. The molecule has 1 aliphatic heterocycles. The van der Waals surface area contributed by atoms with Gasteiger partial charge in [0, 0.05) is 18.0 Å². The Morgan fingerprint density at radius 3 is 2.88 bits per heavy atom. The number of carbonyl (C=O) groups is 1. The quantitative estimate of drug-likeness (QED) is 0.780. The summed E-state index contributed by atoms with van der Waals surface area (Å²) in [4.78, 5) is 27.3. The van der Waals surface area contributed by atoms with E-state index in [1.807, 2.05) is 41.6 Å². The van der Waals surface area contributed by atoms with Crippen molar-refractivity contribution < 1.29 is 4.79 Å². The first-order valence-corrected chi connectivity index (χ1v) is 8.82. The molecule has 1 saturated carbocycles. The third-order valence-electron chi connectivity index (χ3n) is 5.16. The van der Waals surface area contributed by atoms with Crippen LogP contribution in [0.1, 0.15) is 59.6 Å². The van der Waals surface area contributed by atoms with Crippen LogP contribution in [0.3, 0.4) is 0 Å². The van der Waals surface area contributed by atoms with Crippen molar-refractivity contribution in [3.05, 3.63) is 41.2 Å². The Hall–Kier alpha value is -2.70. The van der Waals surface area contributed by atoms with Crippen molar-refractivity contribution in [2.24, 2.45) is 0 Å². The molecule has 0 bridgehead atoms. The Morgan fingerprint density at radius 2 is 2.08 bits per heavy atom. The number of imidazole rings is 1. The first-order chi connectivity index (χ1) is 12.1. The van der Waals surface area contributed by atoms with Gasteiger partial charge in [-0.25, -0.2) is 14.6 Å². The number of hydrogen-bond donors (Lipinski definition) is 1. The molecule has 1 fully saturated rings. The molecule has 0 spiro atoms.